The van der Waals surface area contributed by atoms with Crippen molar-refractivity contribution in [2.24, 2.45) is 0 Å². The molecule has 76 valence electrons. The van der Waals surface area contributed by atoms with Gasteiger partial charge in [-0.2, -0.15) is 0 Å². The normalized spacial score (nSPS) is 18.6. The van der Waals surface area contributed by atoms with Crippen molar-refractivity contribution in [2.45, 2.75) is 0 Å². The molecule has 0 atom stereocenters. The molecule has 1 fully saturated rings. The molecular weight excluding hydrogens is 244 g/mol. The number of nitrogens with zero attached hydrogens (tertiary/aromatic N) is 4. The molecule has 0 bridgehead atoms. The van der Waals surface area contributed by atoms with Crippen molar-refractivity contribution in [3.63, 3.8) is 0 Å². The van der Waals surface area contributed by atoms with Gasteiger partial charge in [0.15, 0.2) is 0 Å². The van der Waals surface area contributed by atoms with Crippen molar-refractivity contribution in [1.82, 2.24) is 14.9 Å². The summed E-state index contributed by atoms with van der Waals surface area (Å²) in [5, 5.41) is 0. The molecule has 0 aromatic carbocycles. The highest BCUT2D eigenvalue weighted by atomic mass is 79.9. The molecule has 14 heavy (non-hydrogen) atoms. The summed E-state index contributed by atoms with van der Waals surface area (Å²) in [6.07, 6.45) is 1.59. The Labute approximate surface area is 92.1 Å². The number of likely N-dealkylation sites (N-methyl/N-ethyl adjacent to an activating group) is 1. The third-order valence-electron chi connectivity index (χ3n) is 2.45. The zero-order chi connectivity index (χ0) is 9.97. The zero-order valence-corrected chi connectivity index (χ0v) is 9.74. The van der Waals surface area contributed by atoms with E-state index >= 15 is 0 Å². The van der Waals surface area contributed by atoms with Gasteiger partial charge in [-0.05, 0) is 23.0 Å². The Bertz CT molecular complexity index is 309. The molecule has 0 radical (unpaired) electrons. The molecule has 2 rings (SSSR count). The number of halogens is 1. The van der Waals surface area contributed by atoms with E-state index in [0.717, 1.165) is 36.6 Å². The summed E-state index contributed by atoms with van der Waals surface area (Å²) in [4.78, 5) is 12.9. The second-order valence-corrected chi connectivity index (χ2v) is 4.30. The van der Waals surface area contributed by atoms with Crippen LogP contribution in [0.2, 0.25) is 0 Å². The van der Waals surface area contributed by atoms with Crippen LogP contribution in [-0.2, 0) is 0 Å². The van der Waals surface area contributed by atoms with Crippen LogP contribution in [-0.4, -0.2) is 48.1 Å². The SMILES string of the molecule is CN1CCN(c2cc(Br)ncn2)CC1. The average molecular weight is 257 g/mol. The van der Waals surface area contributed by atoms with Gasteiger partial charge in [-0.1, -0.05) is 0 Å². The van der Waals surface area contributed by atoms with E-state index in [2.05, 4.69) is 42.7 Å². The minimum Gasteiger partial charge on any atom is -0.354 e. The Balaban J connectivity index is 2.08. The van der Waals surface area contributed by atoms with Crippen LogP contribution in [0.1, 0.15) is 0 Å². The first-order valence-corrected chi connectivity index (χ1v) is 5.46. The zero-order valence-electron chi connectivity index (χ0n) is 8.15. The maximum Gasteiger partial charge on any atom is 0.133 e. The third kappa shape index (κ3) is 2.22. The summed E-state index contributed by atoms with van der Waals surface area (Å²) < 4.78 is 0.849. The van der Waals surface area contributed by atoms with Crippen molar-refractivity contribution in [1.29, 1.82) is 0 Å². The summed E-state index contributed by atoms with van der Waals surface area (Å²) >= 11 is 3.35. The average Bonchev–Trinajstić information content (AvgIpc) is 2.19. The summed E-state index contributed by atoms with van der Waals surface area (Å²) in [5.41, 5.74) is 0. The Morgan fingerprint density at radius 3 is 2.57 bits per heavy atom. The monoisotopic (exact) mass is 256 g/mol. The minimum atomic E-state index is 0.849. The molecular formula is C9H13BrN4. The van der Waals surface area contributed by atoms with E-state index < -0.39 is 0 Å². The molecule has 0 amide bonds. The smallest absolute Gasteiger partial charge is 0.133 e. The molecule has 1 aliphatic heterocycles. The molecule has 0 aliphatic carbocycles. The van der Waals surface area contributed by atoms with Gasteiger partial charge in [-0.3, -0.25) is 0 Å². The molecule has 5 heteroatoms. The molecule has 1 aromatic heterocycles. The molecule has 0 unspecified atom stereocenters. The highest BCUT2D eigenvalue weighted by Crippen LogP contribution is 2.15. The van der Waals surface area contributed by atoms with Gasteiger partial charge in [0.2, 0.25) is 0 Å². The number of rotatable bonds is 1. The second kappa shape index (κ2) is 4.23. The lowest BCUT2D eigenvalue weighted by Crippen LogP contribution is -2.44. The topological polar surface area (TPSA) is 32.3 Å². The Hall–Kier alpha value is -0.680. The first kappa shape index (κ1) is 9.86. The van der Waals surface area contributed by atoms with Gasteiger partial charge in [-0.25, -0.2) is 9.97 Å². The van der Waals surface area contributed by atoms with Crippen LogP contribution in [0.15, 0.2) is 17.0 Å². The van der Waals surface area contributed by atoms with Crippen molar-refractivity contribution < 1.29 is 0 Å². The Kier molecular flexibility index (Phi) is 2.98. The fourth-order valence-corrected chi connectivity index (χ4v) is 1.83. The van der Waals surface area contributed by atoms with Crippen LogP contribution < -0.4 is 4.90 Å². The predicted molar refractivity (Wildman–Crippen MR) is 59.4 cm³/mol. The van der Waals surface area contributed by atoms with Crippen LogP contribution in [0.3, 0.4) is 0 Å². The minimum absolute atomic E-state index is 0.849. The number of hydrogen-bond acceptors (Lipinski definition) is 4. The second-order valence-electron chi connectivity index (χ2n) is 3.49. The van der Waals surface area contributed by atoms with E-state index in [1.807, 2.05) is 6.07 Å². The first-order valence-electron chi connectivity index (χ1n) is 4.67. The summed E-state index contributed by atoms with van der Waals surface area (Å²) in [6.45, 7) is 4.28. The third-order valence-corrected chi connectivity index (χ3v) is 2.88. The van der Waals surface area contributed by atoms with Gasteiger partial charge in [-0.15, -0.1) is 0 Å². The van der Waals surface area contributed by atoms with E-state index in [-0.39, 0.29) is 0 Å². The maximum absolute atomic E-state index is 4.25. The van der Waals surface area contributed by atoms with Gasteiger partial charge in [0, 0.05) is 32.2 Å². The van der Waals surface area contributed by atoms with E-state index in [9.17, 15) is 0 Å². The van der Waals surface area contributed by atoms with Crippen LogP contribution in [0.25, 0.3) is 0 Å². The van der Waals surface area contributed by atoms with Crippen LogP contribution in [0.4, 0.5) is 5.82 Å². The van der Waals surface area contributed by atoms with Crippen molar-refractivity contribution in [3.8, 4) is 0 Å². The van der Waals surface area contributed by atoms with E-state index in [4.69, 9.17) is 0 Å². The van der Waals surface area contributed by atoms with Crippen LogP contribution in [0, 0.1) is 0 Å². The number of hydrogen-bond donors (Lipinski definition) is 0. The van der Waals surface area contributed by atoms with Gasteiger partial charge in [0.1, 0.15) is 16.7 Å². The fraction of sp³-hybridized carbons (Fsp3) is 0.556. The van der Waals surface area contributed by atoms with Crippen molar-refractivity contribution >= 4 is 21.7 Å². The van der Waals surface area contributed by atoms with Crippen molar-refractivity contribution in [3.05, 3.63) is 17.0 Å². The highest BCUT2D eigenvalue weighted by Gasteiger charge is 2.15. The van der Waals surface area contributed by atoms with Crippen molar-refractivity contribution in [2.75, 3.05) is 38.1 Å². The lowest BCUT2D eigenvalue weighted by atomic mass is 10.3. The maximum atomic E-state index is 4.25. The molecule has 0 spiro atoms. The molecule has 1 aliphatic rings. The number of anilines is 1. The standard InChI is InChI=1S/C9H13BrN4/c1-13-2-4-14(5-3-13)9-6-8(10)11-7-12-9/h6-7H,2-5H2,1H3. The Morgan fingerprint density at radius 1 is 1.21 bits per heavy atom. The van der Waals surface area contributed by atoms with Gasteiger partial charge < -0.3 is 9.80 Å². The molecule has 2 heterocycles. The van der Waals surface area contributed by atoms with Gasteiger partial charge >= 0.3 is 0 Å². The number of piperazine rings is 1. The largest absolute Gasteiger partial charge is 0.354 e. The summed E-state index contributed by atoms with van der Waals surface area (Å²) in [6, 6.07) is 1.96. The molecule has 0 saturated carbocycles. The summed E-state index contributed by atoms with van der Waals surface area (Å²) in [5.74, 6) is 1.01. The Morgan fingerprint density at radius 2 is 1.93 bits per heavy atom. The molecule has 0 N–H and O–H groups in total. The van der Waals surface area contributed by atoms with Gasteiger partial charge in [0.05, 0.1) is 0 Å². The van der Waals surface area contributed by atoms with Crippen LogP contribution >= 0.6 is 15.9 Å². The molecule has 4 nitrogen and oxygen atoms in total. The molecule has 1 aromatic rings. The fourth-order valence-electron chi connectivity index (χ4n) is 1.53. The predicted octanol–water partition coefficient (Wildman–Crippen LogP) is 0.991. The first-order chi connectivity index (χ1) is 6.75. The lowest BCUT2D eigenvalue weighted by molar-refractivity contribution is 0.312. The lowest BCUT2D eigenvalue weighted by Gasteiger charge is -2.33. The number of aromatic nitrogens is 2. The van der Waals surface area contributed by atoms with E-state index in [0.29, 0.717) is 0 Å². The summed E-state index contributed by atoms with van der Waals surface area (Å²) in [7, 11) is 2.15. The van der Waals surface area contributed by atoms with E-state index in [1.165, 1.54) is 0 Å². The van der Waals surface area contributed by atoms with E-state index in [1.54, 1.807) is 6.33 Å². The molecule has 1 saturated heterocycles. The van der Waals surface area contributed by atoms with Gasteiger partial charge in [0.25, 0.3) is 0 Å². The highest BCUT2D eigenvalue weighted by molar-refractivity contribution is 9.10. The van der Waals surface area contributed by atoms with Crippen LogP contribution in [0.5, 0.6) is 0 Å². The quantitative estimate of drug-likeness (QED) is 0.702.